The van der Waals surface area contributed by atoms with E-state index in [1.54, 1.807) is 13.8 Å². The van der Waals surface area contributed by atoms with E-state index < -0.39 is 53.7 Å². The normalized spacial score (nSPS) is 11.6. The zero-order chi connectivity index (χ0) is 40.7. The molecule has 6 rings (SSSR count). The van der Waals surface area contributed by atoms with Crippen molar-refractivity contribution in [3.05, 3.63) is 119 Å². The topological polar surface area (TPSA) is 266 Å². The molecule has 0 atom stereocenters. The number of benzene rings is 6. The highest BCUT2D eigenvalue weighted by molar-refractivity contribution is 7.86. The highest BCUT2D eigenvalue weighted by Gasteiger charge is 2.21. The summed E-state index contributed by atoms with van der Waals surface area (Å²) in [4.78, 5) is 51.5. The monoisotopic (exact) mass is 798 g/mol. The van der Waals surface area contributed by atoms with Gasteiger partial charge in [-0.3, -0.25) is 28.3 Å². The van der Waals surface area contributed by atoms with E-state index in [0.29, 0.717) is 11.1 Å². The zero-order valence-corrected chi connectivity index (χ0v) is 30.7. The summed E-state index contributed by atoms with van der Waals surface area (Å²) >= 11 is 0. The van der Waals surface area contributed by atoms with E-state index in [9.17, 15) is 55.3 Å². The Kier molecular flexibility index (Phi) is 10.2. The lowest BCUT2D eigenvalue weighted by Gasteiger charge is -2.13. The Balaban J connectivity index is 1.15. The lowest BCUT2D eigenvalue weighted by atomic mass is 10.1. The van der Waals surface area contributed by atoms with Crippen molar-refractivity contribution in [3.63, 3.8) is 0 Å². The number of phenols is 2. The van der Waals surface area contributed by atoms with E-state index in [1.807, 2.05) is 0 Å². The predicted octanol–water partition coefficient (Wildman–Crippen LogP) is 5.60. The highest BCUT2D eigenvalue weighted by atomic mass is 32.2. The van der Waals surface area contributed by atoms with Crippen LogP contribution in [0.25, 0.3) is 21.5 Å². The maximum absolute atomic E-state index is 13.3. The van der Waals surface area contributed by atoms with Crippen LogP contribution in [-0.4, -0.2) is 59.8 Å². The van der Waals surface area contributed by atoms with Gasteiger partial charge in [-0.15, -0.1) is 0 Å². The van der Waals surface area contributed by atoms with Gasteiger partial charge in [0.05, 0.1) is 0 Å². The number of hydrogen-bond donors (Lipinski definition) is 8. The number of hydrogen-bond acceptors (Lipinski definition) is 10. The predicted molar refractivity (Wildman–Crippen MR) is 206 cm³/mol. The summed E-state index contributed by atoms with van der Waals surface area (Å²) in [6.45, 7) is 3.24. The molecule has 0 bridgehead atoms. The van der Waals surface area contributed by atoms with Crippen LogP contribution >= 0.6 is 0 Å². The number of carbonyl (C=O) groups is 4. The molecule has 16 nitrogen and oxygen atoms in total. The van der Waals surface area contributed by atoms with Crippen LogP contribution in [0.15, 0.2) is 107 Å². The van der Waals surface area contributed by atoms with Crippen molar-refractivity contribution in [1.29, 1.82) is 0 Å². The van der Waals surface area contributed by atoms with E-state index in [4.69, 9.17) is 0 Å². The van der Waals surface area contributed by atoms with Crippen molar-refractivity contribution in [2.45, 2.75) is 23.6 Å². The molecule has 18 heteroatoms. The molecule has 0 aliphatic heterocycles. The van der Waals surface area contributed by atoms with E-state index in [0.717, 1.165) is 24.3 Å². The Morgan fingerprint density at radius 3 is 1.14 bits per heavy atom. The molecule has 286 valence electrons. The first-order valence-electron chi connectivity index (χ1n) is 16.2. The zero-order valence-electron chi connectivity index (χ0n) is 29.1. The molecular weight excluding hydrogens is 769 g/mol. The van der Waals surface area contributed by atoms with Crippen molar-refractivity contribution >= 4 is 88.2 Å². The lowest BCUT2D eigenvalue weighted by molar-refractivity contribution is -0.132. The summed E-state index contributed by atoms with van der Waals surface area (Å²) in [5, 5.41) is 30.5. The van der Waals surface area contributed by atoms with Gasteiger partial charge in [0, 0.05) is 55.4 Å². The molecule has 0 unspecified atom stereocenters. The fourth-order valence-corrected chi connectivity index (χ4v) is 7.25. The fraction of sp³-hybridized carbons (Fsp3) is 0.0526. The molecule has 4 amide bonds. The van der Waals surface area contributed by atoms with Crippen LogP contribution in [0.4, 0.5) is 22.7 Å². The van der Waals surface area contributed by atoms with Gasteiger partial charge in [0.15, 0.2) is 0 Å². The number of amides is 4. The third-order valence-electron chi connectivity index (χ3n) is 8.67. The molecule has 0 fully saturated rings. The first-order valence-corrected chi connectivity index (χ1v) is 19.1. The molecule has 0 aromatic heterocycles. The van der Waals surface area contributed by atoms with Gasteiger partial charge in [-0.1, -0.05) is 12.1 Å². The summed E-state index contributed by atoms with van der Waals surface area (Å²) in [5.41, 5.74) is 1.52. The van der Waals surface area contributed by atoms with Gasteiger partial charge in [0.25, 0.3) is 32.1 Å². The Bertz CT molecular complexity index is 2700. The van der Waals surface area contributed by atoms with E-state index in [2.05, 4.69) is 21.3 Å². The number of carbonyl (C=O) groups excluding carboxylic acids is 4. The van der Waals surface area contributed by atoms with Crippen LogP contribution < -0.4 is 21.3 Å². The van der Waals surface area contributed by atoms with Crippen molar-refractivity contribution in [1.82, 2.24) is 0 Å². The minimum Gasteiger partial charge on any atom is -0.507 e. The SMILES string of the molecule is Cc1ccc(NC(=O)C(=O)Nc2ccc(C)c(C(=O)Nc3ccc4c(O)ccc(S(=O)(=O)O)c4c3)c2)cc1C(=O)Nc1ccc2c(O)ccc(S(=O)(=O)O)c2c1. The van der Waals surface area contributed by atoms with Crippen molar-refractivity contribution in [2.24, 2.45) is 0 Å². The first-order chi connectivity index (χ1) is 26.3. The van der Waals surface area contributed by atoms with Gasteiger partial charge in [-0.2, -0.15) is 16.8 Å². The van der Waals surface area contributed by atoms with Crippen molar-refractivity contribution in [2.75, 3.05) is 21.3 Å². The Hall–Kier alpha value is -6.86. The van der Waals surface area contributed by atoms with E-state index in [-0.39, 0.29) is 66.9 Å². The molecule has 0 saturated carbocycles. The first kappa shape index (κ1) is 38.9. The van der Waals surface area contributed by atoms with Crippen molar-refractivity contribution in [3.8, 4) is 11.5 Å². The largest absolute Gasteiger partial charge is 0.507 e. The smallest absolute Gasteiger partial charge is 0.314 e. The van der Waals surface area contributed by atoms with Crippen LogP contribution in [0.3, 0.4) is 0 Å². The summed E-state index contributed by atoms with van der Waals surface area (Å²) < 4.78 is 66.9. The molecule has 0 aliphatic carbocycles. The van der Waals surface area contributed by atoms with Gasteiger partial charge >= 0.3 is 11.8 Å². The van der Waals surface area contributed by atoms with Crippen molar-refractivity contribution < 1.29 is 55.3 Å². The second-order valence-corrected chi connectivity index (χ2v) is 15.3. The molecule has 0 spiro atoms. The average molecular weight is 799 g/mol. The van der Waals surface area contributed by atoms with Crippen LogP contribution in [0.1, 0.15) is 31.8 Å². The number of aromatic hydroxyl groups is 2. The number of rotatable bonds is 8. The number of aryl methyl sites for hydroxylation is 2. The summed E-state index contributed by atoms with van der Waals surface area (Å²) in [7, 11) is -9.34. The summed E-state index contributed by atoms with van der Waals surface area (Å²) in [6.07, 6.45) is 0. The van der Waals surface area contributed by atoms with Crippen LogP contribution in [0.5, 0.6) is 11.5 Å². The molecule has 0 radical (unpaired) electrons. The molecule has 6 aromatic carbocycles. The number of phenolic OH excluding ortho intramolecular Hbond substituents is 2. The quantitative estimate of drug-likeness (QED) is 0.0691. The molecule has 6 aromatic rings. The van der Waals surface area contributed by atoms with Gasteiger partial charge in [-0.05, 0) is 110 Å². The second kappa shape index (κ2) is 14.8. The highest BCUT2D eigenvalue weighted by Crippen LogP contribution is 2.34. The maximum atomic E-state index is 13.3. The van der Waals surface area contributed by atoms with Gasteiger partial charge in [-0.25, -0.2) is 0 Å². The maximum Gasteiger partial charge on any atom is 0.314 e. The van der Waals surface area contributed by atoms with E-state index in [1.165, 1.54) is 72.8 Å². The molecule has 0 saturated heterocycles. The molecular formula is C38H30N4O12S2. The van der Waals surface area contributed by atoms with Crippen LogP contribution in [0.2, 0.25) is 0 Å². The van der Waals surface area contributed by atoms with E-state index >= 15 is 0 Å². The number of anilines is 4. The third-order valence-corrected chi connectivity index (χ3v) is 10.5. The van der Waals surface area contributed by atoms with Crippen LogP contribution in [0, 0.1) is 13.8 Å². The van der Waals surface area contributed by atoms with Gasteiger partial charge < -0.3 is 31.5 Å². The molecule has 0 heterocycles. The number of nitrogens with one attached hydrogen (secondary N) is 4. The Morgan fingerprint density at radius 2 is 0.786 bits per heavy atom. The molecule has 8 N–H and O–H groups in total. The Labute approximate surface area is 318 Å². The Morgan fingerprint density at radius 1 is 0.446 bits per heavy atom. The summed E-state index contributed by atoms with van der Waals surface area (Å²) in [6, 6.07) is 20.9. The minimum absolute atomic E-state index is 0.0425. The van der Waals surface area contributed by atoms with Gasteiger partial charge in [0.1, 0.15) is 21.3 Å². The fourth-order valence-electron chi connectivity index (χ4n) is 5.88. The molecule has 0 aliphatic rings. The lowest BCUT2D eigenvalue weighted by Crippen LogP contribution is -2.29. The standard InChI is InChI=1S/C38H30N4O12S2/c1-19-3-5-21(15-27(19)35(45)39-23-7-9-25-29(17-23)33(55(49,50)51)13-11-31(25)43)41-37(47)38(48)42-22-6-4-20(2)28(16-22)36(46)40-24-8-10-26-30(18-24)34(56(52,53)54)14-12-32(26)44/h3-18,43-44H,1-2H3,(H,39,45)(H,40,46)(H,41,47)(H,42,48)(H,49,50,51)(H,52,53,54). The minimum atomic E-state index is -4.67. The number of fused-ring (bicyclic) bond motifs is 2. The van der Waals surface area contributed by atoms with Gasteiger partial charge in [0.2, 0.25) is 0 Å². The van der Waals surface area contributed by atoms with Crippen LogP contribution in [-0.2, 0) is 29.8 Å². The second-order valence-electron chi connectivity index (χ2n) is 12.5. The summed E-state index contributed by atoms with van der Waals surface area (Å²) in [5.74, 6) is -4.06. The average Bonchev–Trinajstić information content (AvgIpc) is 3.12. The third kappa shape index (κ3) is 8.12. The molecule has 56 heavy (non-hydrogen) atoms.